The first kappa shape index (κ1) is 16.5. The maximum Gasteiger partial charge on any atom is 0.227 e. The Morgan fingerprint density at radius 3 is 2.15 bits per heavy atom. The molecule has 0 amide bonds. The molecule has 0 aliphatic carbocycles. The molecular weight excluding hydrogens is 322 g/mol. The molecule has 1 aliphatic heterocycles. The minimum absolute atomic E-state index is 0.790. The molecule has 26 heavy (non-hydrogen) atoms. The molecule has 0 atom stereocenters. The highest BCUT2D eigenvalue weighted by atomic mass is 15.3. The van der Waals surface area contributed by atoms with Crippen LogP contribution in [0.25, 0.3) is 11.3 Å². The average Bonchev–Trinajstić information content (AvgIpc) is 2.70. The van der Waals surface area contributed by atoms with Gasteiger partial charge in [0.05, 0.1) is 5.69 Å². The summed E-state index contributed by atoms with van der Waals surface area (Å²) < 4.78 is 0. The van der Waals surface area contributed by atoms with Gasteiger partial charge in [-0.15, -0.1) is 0 Å². The van der Waals surface area contributed by atoms with E-state index < -0.39 is 0 Å². The van der Waals surface area contributed by atoms with E-state index in [1.54, 1.807) is 0 Å². The summed E-state index contributed by atoms with van der Waals surface area (Å²) in [6.45, 7) is 3.94. The van der Waals surface area contributed by atoms with Gasteiger partial charge in [0, 0.05) is 43.5 Å². The summed E-state index contributed by atoms with van der Waals surface area (Å²) in [6.07, 6.45) is 0. The number of nitrogens with zero attached hydrogens (tertiary/aromatic N) is 4. The zero-order chi connectivity index (χ0) is 17.8. The summed E-state index contributed by atoms with van der Waals surface area (Å²) in [5.74, 6) is 1.61. The van der Waals surface area contributed by atoms with Crippen LogP contribution in [-0.4, -0.2) is 48.1 Å². The first-order valence-corrected chi connectivity index (χ1v) is 8.98. The van der Waals surface area contributed by atoms with Crippen molar-refractivity contribution < 1.29 is 0 Å². The van der Waals surface area contributed by atoms with E-state index in [1.807, 2.05) is 54.6 Å². The zero-order valence-corrected chi connectivity index (χ0v) is 15.0. The van der Waals surface area contributed by atoms with Crippen molar-refractivity contribution in [3.05, 3.63) is 66.7 Å². The summed E-state index contributed by atoms with van der Waals surface area (Å²) in [5.41, 5.74) is 3.06. The predicted molar refractivity (Wildman–Crippen MR) is 107 cm³/mol. The van der Waals surface area contributed by atoms with E-state index in [0.29, 0.717) is 0 Å². The number of para-hydroxylation sites is 1. The van der Waals surface area contributed by atoms with Crippen molar-refractivity contribution in [1.29, 1.82) is 0 Å². The molecule has 0 radical (unpaired) electrons. The molecular formula is C21H23N5. The van der Waals surface area contributed by atoms with E-state index in [4.69, 9.17) is 9.97 Å². The summed E-state index contributed by atoms with van der Waals surface area (Å²) in [5, 5.41) is 3.41. The monoisotopic (exact) mass is 345 g/mol. The minimum Gasteiger partial charge on any atom is -0.340 e. The quantitative estimate of drug-likeness (QED) is 0.782. The molecule has 2 aromatic carbocycles. The fraction of sp³-hybridized carbons (Fsp3) is 0.238. The second kappa shape index (κ2) is 7.54. The molecule has 132 valence electrons. The van der Waals surface area contributed by atoms with Crippen molar-refractivity contribution >= 4 is 17.5 Å². The van der Waals surface area contributed by atoms with E-state index in [1.165, 1.54) is 0 Å². The molecule has 0 saturated carbocycles. The van der Waals surface area contributed by atoms with Gasteiger partial charge in [-0.1, -0.05) is 48.5 Å². The second-order valence-electron chi connectivity index (χ2n) is 6.59. The smallest absolute Gasteiger partial charge is 0.227 e. The lowest BCUT2D eigenvalue weighted by molar-refractivity contribution is 0.311. The first-order valence-electron chi connectivity index (χ1n) is 8.98. The molecule has 0 bridgehead atoms. The lowest BCUT2D eigenvalue weighted by atomic mass is 10.1. The highest BCUT2D eigenvalue weighted by molar-refractivity contribution is 5.67. The van der Waals surface area contributed by atoms with Crippen molar-refractivity contribution in [2.45, 2.75) is 0 Å². The Labute approximate surface area is 154 Å². The molecule has 0 spiro atoms. The molecule has 1 fully saturated rings. The van der Waals surface area contributed by atoms with Crippen molar-refractivity contribution in [1.82, 2.24) is 14.9 Å². The van der Waals surface area contributed by atoms with Crippen LogP contribution in [0.15, 0.2) is 66.7 Å². The third kappa shape index (κ3) is 3.83. The predicted octanol–water partition coefficient (Wildman–Crippen LogP) is 3.64. The lowest BCUT2D eigenvalue weighted by Crippen LogP contribution is -2.45. The lowest BCUT2D eigenvalue weighted by Gasteiger charge is -2.32. The number of benzene rings is 2. The van der Waals surface area contributed by atoms with Crippen LogP contribution in [0.3, 0.4) is 0 Å². The number of likely N-dealkylation sites (N-methyl/N-ethyl adjacent to an activating group) is 1. The molecule has 5 nitrogen and oxygen atoms in total. The van der Waals surface area contributed by atoms with Crippen LogP contribution in [0.2, 0.25) is 0 Å². The molecule has 1 N–H and O–H groups in total. The number of hydrogen-bond acceptors (Lipinski definition) is 5. The normalized spacial score (nSPS) is 15.0. The third-order valence-electron chi connectivity index (χ3n) is 4.62. The maximum absolute atomic E-state index is 4.85. The van der Waals surface area contributed by atoms with Crippen molar-refractivity contribution in [3.63, 3.8) is 0 Å². The Balaban J connectivity index is 1.69. The molecule has 1 saturated heterocycles. The number of rotatable bonds is 4. The maximum atomic E-state index is 4.85. The van der Waals surface area contributed by atoms with Gasteiger partial charge in [0.25, 0.3) is 0 Å². The largest absolute Gasteiger partial charge is 0.340 e. The number of nitrogens with one attached hydrogen (secondary N) is 1. The van der Waals surface area contributed by atoms with E-state index in [0.717, 1.165) is 54.9 Å². The first-order chi connectivity index (χ1) is 12.8. The zero-order valence-electron chi connectivity index (χ0n) is 15.0. The van der Waals surface area contributed by atoms with Gasteiger partial charge < -0.3 is 15.1 Å². The minimum atomic E-state index is 0.790. The van der Waals surface area contributed by atoms with Crippen LogP contribution in [0.1, 0.15) is 0 Å². The van der Waals surface area contributed by atoms with Gasteiger partial charge in [0.2, 0.25) is 5.95 Å². The number of anilines is 3. The molecule has 2 heterocycles. The van der Waals surface area contributed by atoms with Crippen LogP contribution in [-0.2, 0) is 0 Å². The Bertz CT molecular complexity index is 843. The molecule has 5 heteroatoms. The third-order valence-corrected chi connectivity index (χ3v) is 4.62. The average molecular weight is 345 g/mol. The number of aromatic nitrogens is 2. The number of hydrogen-bond donors (Lipinski definition) is 1. The van der Waals surface area contributed by atoms with E-state index in [9.17, 15) is 0 Å². The van der Waals surface area contributed by atoms with Crippen molar-refractivity contribution in [2.24, 2.45) is 0 Å². The van der Waals surface area contributed by atoms with Crippen molar-refractivity contribution in [2.75, 3.05) is 43.4 Å². The van der Waals surface area contributed by atoms with Crippen LogP contribution >= 0.6 is 0 Å². The highest BCUT2D eigenvalue weighted by Gasteiger charge is 2.18. The molecule has 0 unspecified atom stereocenters. The standard InChI is InChI=1S/C21H23N5/c1-25-12-14-26(15-13-25)21-23-19(17-8-4-2-5-9-17)16-20(24-21)22-18-10-6-3-7-11-18/h2-11,16H,12-15H2,1H3,(H,22,23,24). The van der Waals surface area contributed by atoms with Crippen LogP contribution in [0.4, 0.5) is 17.5 Å². The topological polar surface area (TPSA) is 44.3 Å². The van der Waals surface area contributed by atoms with Crippen molar-refractivity contribution in [3.8, 4) is 11.3 Å². The SMILES string of the molecule is CN1CCN(c2nc(Nc3ccccc3)cc(-c3ccccc3)n2)CC1. The Hall–Kier alpha value is -2.92. The summed E-state index contributed by atoms with van der Waals surface area (Å²) in [4.78, 5) is 14.2. The van der Waals surface area contributed by atoms with Crippen LogP contribution in [0.5, 0.6) is 0 Å². The van der Waals surface area contributed by atoms with Gasteiger partial charge in [-0.2, -0.15) is 4.98 Å². The van der Waals surface area contributed by atoms with Gasteiger partial charge in [-0.25, -0.2) is 4.98 Å². The Morgan fingerprint density at radius 2 is 1.46 bits per heavy atom. The summed E-state index contributed by atoms with van der Waals surface area (Å²) in [6, 6.07) is 22.4. The Kier molecular flexibility index (Phi) is 4.80. The van der Waals surface area contributed by atoms with E-state index >= 15 is 0 Å². The summed E-state index contributed by atoms with van der Waals surface area (Å²) in [7, 11) is 2.15. The summed E-state index contributed by atoms with van der Waals surface area (Å²) >= 11 is 0. The molecule has 3 aromatic rings. The highest BCUT2D eigenvalue weighted by Crippen LogP contribution is 2.25. The fourth-order valence-electron chi connectivity index (χ4n) is 3.07. The van der Waals surface area contributed by atoms with Crippen LogP contribution < -0.4 is 10.2 Å². The van der Waals surface area contributed by atoms with Gasteiger partial charge in [-0.05, 0) is 19.2 Å². The van der Waals surface area contributed by atoms with Gasteiger partial charge in [0.15, 0.2) is 0 Å². The van der Waals surface area contributed by atoms with E-state index in [2.05, 4.69) is 34.3 Å². The van der Waals surface area contributed by atoms with Gasteiger partial charge >= 0.3 is 0 Å². The van der Waals surface area contributed by atoms with Gasteiger partial charge in [0.1, 0.15) is 5.82 Å². The molecule has 1 aromatic heterocycles. The molecule has 4 rings (SSSR count). The Morgan fingerprint density at radius 1 is 0.808 bits per heavy atom. The fourth-order valence-corrected chi connectivity index (χ4v) is 3.07. The number of piperazine rings is 1. The van der Waals surface area contributed by atoms with Gasteiger partial charge in [-0.3, -0.25) is 0 Å². The molecule has 1 aliphatic rings. The second-order valence-corrected chi connectivity index (χ2v) is 6.59. The van der Waals surface area contributed by atoms with Crippen LogP contribution in [0, 0.1) is 0 Å². The van der Waals surface area contributed by atoms with E-state index in [-0.39, 0.29) is 0 Å².